The lowest BCUT2D eigenvalue weighted by Gasteiger charge is -2.30. The van der Waals surface area contributed by atoms with Gasteiger partial charge in [-0.2, -0.15) is 0 Å². The van der Waals surface area contributed by atoms with E-state index >= 15 is 0 Å². The van der Waals surface area contributed by atoms with Gasteiger partial charge in [0.25, 0.3) is 5.89 Å². The summed E-state index contributed by atoms with van der Waals surface area (Å²) in [6, 6.07) is 10.7. The highest BCUT2D eigenvalue weighted by atomic mass is 32.1. The molecule has 0 amide bonds. The third kappa shape index (κ3) is 3.53. The summed E-state index contributed by atoms with van der Waals surface area (Å²) < 4.78 is 5.99. The van der Waals surface area contributed by atoms with E-state index < -0.39 is 0 Å². The first-order valence-corrected chi connectivity index (χ1v) is 9.73. The van der Waals surface area contributed by atoms with Gasteiger partial charge in [-0.15, -0.1) is 21.5 Å². The Morgan fingerprint density at radius 3 is 2.60 bits per heavy atom. The smallest absolute Gasteiger partial charge is 0.258 e. The van der Waals surface area contributed by atoms with Crippen LogP contribution < -0.4 is 0 Å². The molecule has 4 nitrogen and oxygen atoms in total. The highest BCUT2D eigenvalue weighted by Gasteiger charge is 2.25. The first-order valence-electron chi connectivity index (χ1n) is 8.85. The van der Waals surface area contributed by atoms with Gasteiger partial charge in [-0.1, -0.05) is 24.3 Å². The molecule has 1 aliphatic rings. The molecule has 25 heavy (non-hydrogen) atoms. The molecule has 1 fully saturated rings. The van der Waals surface area contributed by atoms with Gasteiger partial charge in [0.15, 0.2) is 0 Å². The minimum Gasteiger partial charge on any atom is -0.420 e. The van der Waals surface area contributed by atoms with Gasteiger partial charge in [-0.25, -0.2) is 0 Å². The Labute approximate surface area is 152 Å². The van der Waals surface area contributed by atoms with Crippen molar-refractivity contribution in [2.45, 2.75) is 39.2 Å². The number of rotatable bonds is 4. The number of thiophene rings is 1. The molecule has 1 aromatic carbocycles. The molecule has 0 spiro atoms. The van der Waals surface area contributed by atoms with Crippen molar-refractivity contribution in [2.75, 3.05) is 13.1 Å². The lowest BCUT2D eigenvalue weighted by Crippen LogP contribution is -2.32. The zero-order chi connectivity index (χ0) is 17.2. The number of likely N-dealkylation sites (tertiary alicyclic amines) is 1. The maximum Gasteiger partial charge on any atom is 0.258 e. The minimum atomic E-state index is 0.384. The zero-order valence-electron chi connectivity index (χ0n) is 14.7. The molecular weight excluding hydrogens is 330 g/mol. The number of hydrogen-bond acceptors (Lipinski definition) is 5. The fourth-order valence-electron chi connectivity index (χ4n) is 3.45. The fourth-order valence-corrected chi connectivity index (χ4v) is 4.30. The number of nitrogens with zero attached hydrogens (tertiary/aromatic N) is 3. The van der Waals surface area contributed by atoms with Gasteiger partial charge in [0, 0.05) is 12.5 Å². The van der Waals surface area contributed by atoms with Crippen molar-refractivity contribution < 1.29 is 4.42 Å². The SMILES string of the molecule is Cc1ccccc1CN1CCC(c2nnc(-c3sccc3C)o2)CC1. The van der Waals surface area contributed by atoms with Crippen LogP contribution in [0, 0.1) is 13.8 Å². The highest BCUT2D eigenvalue weighted by Crippen LogP contribution is 2.32. The van der Waals surface area contributed by atoms with Crippen LogP contribution in [0.3, 0.4) is 0 Å². The molecule has 3 heterocycles. The van der Waals surface area contributed by atoms with Crippen LogP contribution in [0.2, 0.25) is 0 Å². The second-order valence-electron chi connectivity index (χ2n) is 6.86. The number of hydrogen-bond donors (Lipinski definition) is 0. The number of aromatic nitrogens is 2. The van der Waals surface area contributed by atoms with E-state index in [1.807, 2.05) is 0 Å². The Balaban J connectivity index is 1.38. The van der Waals surface area contributed by atoms with Gasteiger partial charge in [0.1, 0.15) is 0 Å². The first-order chi connectivity index (χ1) is 12.2. The molecule has 0 unspecified atom stereocenters. The minimum absolute atomic E-state index is 0.384. The summed E-state index contributed by atoms with van der Waals surface area (Å²) in [5.74, 6) is 1.86. The lowest BCUT2D eigenvalue weighted by molar-refractivity contribution is 0.193. The molecule has 3 aromatic rings. The monoisotopic (exact) mass is 353 g/mol. The third-order valence-electron chi connectivity index (χ3n) is 5.09. The Hall–Kier alpha value is -1.98. The van der Waals surface area contributed by atoms with E-state index in [-0.39, 0.29) is 0 Å². The summed E-state index contributed by atoms with van der Waals surface area (Å²) >= 11 is 1.66. The zero-order valence-corrected chi connectivity index (χ0v) is 15.6. The lowest BCUT2D eigenvalue weighted by atomic mass is 9.96. The van der Waals surface area contributed by atoms with Crippen molar-refractivity contribution in [3.8, 4) is 10.8 Å². The van der Waals surface area contributed by atoms with Crippen molar-refractivity contribution in [2.24, 2.45) is 0 Å². The van der Waals surface area contributed by atoms with Gasteiger partial charge in [0.05, 0.1) is 4.88 Å². The second kappa shape index (κ2) is 7.10. The maximum atomic E-state index is 5.99. The largest absolute Gasteiger partial charge is 0.420 e. The maximum absolute atomic E-state index is 5.99. The van der Waals surface area contributed by atoms with Gasteiger partial charge in [-0.05, 0) is 67.9 Å². The normalized spacial score (nSPS) is 16.4. The van der Waals surface area contributed by atoms with Crippen molar-refractivity contribution in [1.29, 1.82) is 0 Å². The van der Waals surface area contributed by atoms with Gasteiger partial charge in [0.2, 0.25) is 5.89 Å². The molecule has 2 aromatic heterocycles. The van der Waals surface area contributed by atoms with E-state index in [2.05, 4.69) is 64.7 Å². The standard InChI is InChI=1S/C20H23N3OS/c1-14-5-3-4-6-17(14)13-23-10-7-16(8-11-23)19-21-22-20(24-19)18-15(2)9-12-25-18/h3-6,9,12,16H,7-8,10-11,13H2,1-2H3. The molecule has 0 radical (unpaired) electrons. The fraction of sp³-hybridized carbons (Fsp3) is 0.400. The molecule has 0 N–H and O–H groups in total. The Morgan fingerprint density at radius 1 is 1.08 bits per heavy atom. The van der Waals surface area contributed by atoms with E-state index in [0.29, 0.717) is 11.8 Å². The highest BCUT2D eigenvalue weighted by molar-refractivity contribution is 7.13. The summed E-state index contributed by atoms with van der Waals surface area (Å²) in [7, 11) is 0. The first kappa shape index (κ1) is 16.5. The third-order valence-corrected chi connectivity index (χ3v) is 6.09. The molecule has 0 atom stereocenters. The van der Waals surface area contributed by atoms with E-state index in [1.54, 1.807) is 11.3 Å². The molecule has 1 saturated heterocycles. The average molecular weight is 353 g/mol. The molecule has 5 heteroatoms. The van der Waals surface area contributed by atoms with Crippen LogP contribution in [0.5, 0.6) is 0 Å². The van der Waals surface area contributed by atoms with Crippen LogP contribution in [0.15, 0.2) is 40.1 Å². The van der Waals surface area contributed by atoms with Crippen LogP contribution in [0.4, 0.5) is 0 Å². The summed E-state index contributed by atoms with van der Waals surface area (Å²) in [4.78, 5) is 3.62. The van der Waals surface area contributed by atoms with Crippen molar-refractivity contribution in [1.82, 2.24) is 15.1 Å². The van der Waals surface area contributed by atoms with Crippen LogP contribution in [0.25, 0.3) is 10.8 Å². The Morgan fingerprint density at radius 2 is 1.88 bits per heavy atom. The van der Waals surface area contributed by atoms with Crippen LogP contribution >= 0.6 is 11.3 Å². The summed E-state index contributed by atoms with van der Waals surface area (Å²) in [6.07, 6.45) is 2.16. The summed E-state index contributed by atoms with van der Waals surface area (Å²) in [5, 5.41) is 10.7. The molecule has 0 aliphatic carbocycles. The van der Waals surface area contributed by atoms with Crippen LogP contribution in [-0.2, 0) is 6.54 Å². The van der Waals surface area contributed by atoms with E-state index in [9.17, 15) is 0 Å². The molecular formula is C20H23N3OS. The van der Waals surface area contributed by atoms with Crippen LogP contribution in [-0.4, -0.2) is 28.2 Å². The predicted octanol–water partition coefficient (Wildman–Crippen LogP) is 4.79. The van der Waals surface area contributed by atoms with E-state index in [0.717, 1.165) is 43.2 Å². The molecule has 0 saturated carbocycles. The van der Waals surface area contributed by atoms with Gasteiger partial charge >= 0.3 is 0 Å². The molecule has 130 valence electrons. The van der Waals surface area contributed by atoms with Crippen molar-refractivity contribution in [3.63, 3.8) is 0 Å². The molecule has 1 aliphatic heterocycles. The molecule has 4 rings (SSSR count). The summed E-state index contributed by atoms with van der Waals surface area (Å²) in [5.41, 5.74) is 4.00. The van der Waals surface area contributed by atoms with Gasteiger partial charge < -0.3 is 4.42 Å². The van der Waals surface area contributed by atoms with E-state index in [4.69, 9.17) is 4.42 Å². The average Bonchev–Trinajstić information content (AvgIpc) is 3.26. The predicted molar refractivity (Wildman–Crippen MR) is 101 cm³/mol. The van der Waals surface area contributed by atoms with E-state index in [1.165, 1.54) is 16.7 Å². The summed E-state index contributed by atoms with van der Waals surface area (Å²) in [6.45, 7) is 7.46. The van der Waals surface area contributed by atoms with Crippen molar-refractivity contribution in [3.05, 3.63) is 58.3 Å². The second-order valence-corrected chi connectivity index (χ2v) is 7.77. The Kier molecular flexibility index (Phi) is 4.68. The van der Waals surface area contributed by atoms with Crippen molar-refractivity contribution >= 4 is 11.3 Å². The number of piperidine rings is 1. The topological polar surface area (TPSA) is 42.2 Å². The number of aryl methyl sites for hydroxylation is 2. The van der Waals surface area contributed by atoms with Crippen LogP contribution in [0.1, 0.15) is 41.3 Å². The quantitative estimate of drug-likeness (QED) is 0.676. The Bertz CT molecular complexity index is 846. The molecule has 0 bridgehead atoms. The van der Waals surface area contributed by atoms with Gasteiger partial charge in [-0.3, -0.25) is 4.90 Å². The number of benzene rings is 1.